The van der Waals surface area contributed by atoms with Gasteiger partial charge in [0.2, 0.25) is 0 Å². The zero-order valence-corrected chi connectivity index (χ0v) is 6.52. The third-order valence-electron chi connectivity index (χ3n) is 2.09. The van der Waals surface area contributed by atoms with Crippen molar-refractivity contribution in [1.29, 1.82) is 0 Å². The molecule has 0 spiro atoms. The first-order valence-corrected chi connectivity index (χ1v) is 3.65. The van der Waals surface area contributed by atoms with E-state index in [0.29, 0.717) is 0 Å². The van der Waals surface area contributed by atoms with Gasteiger partial charge in [-0.25, -0.2) is 0 Å². The van der Waals surface area contributed by atoms with E-state index in [2.05, 4.69) is 32.0 Å². The summed E-state index contributed by atoms with van der Waals surface area (Å²) in [5.74, 6) is 0. The van der Waals surface area contributed by atoms with Gasteiger partial charge in [0.1, 0.15) is 0 Å². The summed E-state index contributed by atoms with van der Waals surface area (Å²) in [6.07, 6.45) is 4.76. The van der Waals surface area contributed by atoms with Crippen LogP contribution in [0.2, 0.25) is 0 Å². The second-order valence-corrected chi connectivity index (χ2v) is 2.86. The molecule has 1 unspecified atom stereocenters. The predicted octanol–water partition coefficient (Wildman–Crippen LogP) is 2.00. The van der Waals surface area contributed by atoms with Crippen LogP contribution in [0.3, 0.4) is 0 Å². The molecular formula is C8H15N. The lowest BCUT2D eigenvalue weighted by Gasteiger charge is -2.14. The third kappa shape index (κ3) is 1.26. The second kappa shape index (κ2) is 2.42. The number of nitrogens with zero attached hydrogens (tertiary/aromatic N) is 1. The average Bonchev–Trinajstić information content (AvgIpc) is 2.13. The quantitative estimate of drug-likeness (QED) is 0.518. The topological polar surface area (TPSA) is 3.24 Å². The molecule has 1 rings (SSSR count). The fourth-order valence-electron chi connectivity index (χ4n) is 1.23. The molecule has 1 heteroatoms. The molecule has 1 heterocycles. The van der Waals surface area contributed by atoms with E-state index < -0.39 is 0 Å². The Kier molecular flexibility index (Phi) is 1.79. The van der Waals surface area contributed by atoms with E-state index in [9.17, 15) is 0 Å². The van der Waals surface area contributed by atoms with Crippen molar-refractivity contribution < 1.29 is 0 Å². The van der Waals surface area contributed by atoms with Crippen LogP contribution in [-0.2, 0) is 0 Å². The van der Waals surface area contributed by atoms with E-state index in [-0.39, 0.29) is 0 Å². The van der Waals surface area contributed by atoms with Crippen molar-refractivity contribution in [2.45, 2.75) is 32.7 Å². The van der Waals surface area contributed by atoms with Gasteiger partial charge < -0.3 is 4.90 Å². The summed E-state index contributed by atoms with van der Waals surface area (Å²) in [6.45, 7) is 4.48. The van der Waals surface area contributed by atoms with Crippen LogP contribution >= 0.6 is 0 Å². The molecule has 0 aromatic rings. The molecular weight excluding hydrogens is 110 g/mol. The zero-order valence-electron chi connectivity index (χ0n) is 6.52. The Morgan fingerprint density at radius 3 is 2.67 bits per heavy atom. The lowest BCUT2D eigenvalue weighted by atomic mass is 10.1. The van der Waals surface area contributed by atoms with Crippen LogP contribution in [0.25, 0.3) is 0 Å². The molecule has 0 saturated carbocycles. The van der Waals surface area contributed by atoms with Crippen molar-refractivity contribution >= 4 is 0 Å². The average molecular weight is 125 g/mol. The van der Waals surface area contributed by atoms with Crippen LogP contribution in [0.15, 0.2) is 11.8 Å². The summed E-state index contributed by atoms with van der Waals surface area (Å²) in [5, 5.41) is 0. The third-order valence-corrected chi connectivity index (χ3v) is 2.09. The molecule has 0 aromatic carbocycles. The van der Waals surface area contributed by atoms with Gasteiger partial charge in [-0.15, -0.1) is 0 Å². The van der Waals surface area contributed by atoms with Gasteiger partial charge in [-0.05, 0) is 26.0 Å². The number of rotatable bonds is 1. The molecule has 0 bridgehead atoms. The molecule has 9 heavy (non-hydrogen) atoms. The van der Waals surface area contributed by atoms with Crippen molar-refractivity contribution in [3.63, 3.8) is 0 Å². The molecule has 1 aliphatic heterocycles. The highest BCUT2D eigenvalue weighted by molar-refractivity contribution is 5.09. The summed E-state index contributed by atoms with van der Waals surface area (Å²) in [4.78, 5) is 2.29. The van der Waals surface area contributed by atoms with E-state index in [0.717, 1.165) is 6.04 Å². The van der Waals surface area contributed by atoms with Gasteiger partial charge >= 0.3 is 0 Å². The SMILES string of the molecule is CCC1=CN(C)C(C)C1. The number of hydrogen-bond acceptors (Lipinski definition) is 1. The summed E-state index contributed by atoms with van der Waals surface area (Å²) >= 11 is 0. The standard InChI is InChI=1S/C8H15N/c1-4-8-5-7(2)9(3)6-8/h6-7H,4-5H2,1-3H3. The van der Waals surface area contributed by atoms with Crippen LogP contribution in [0.1, 0.15) is 26.7 Å². The van der Waals surface area contributed by atoms with Gasteiger partial charge in [-0.2, -0.15) is 0 Å². The minimum absolute atomic E-state index is 0.736. The second-order valence-electron chi connectivity index (χ2n) is 2.86. The largest absolute Gasteiger partial charge is 0.377 e. The number of hydrogen-bond donors (Lipinski definition) is 0. The molecule has 1 aliphatic rings. The Morgan fingerprint density at radius 2 is 2.44 bits per heavy atom. The zero-order chi connectivity index (χ0) is 6.85. The maximum absolute atomic E-state index is 2.29. The summed E-state index contributed by atoms with van der Waals surface area (Å²) in [5.41, 5.74) is 1.59. The smallest absolute Gasteiger partial charge is 0.0290 e. The first-order valence-electron chi connectivity index (χ1n) is 3.65. The fraction of sp³-hybridized carbons (Fsp3) is 0.750. The Balaban J connectivity index is 2.52. The van der Waals surface area contributed by atoms with E-state index in [1.54, 1.807) is 5.57 Å². The Labute approximate surface area is 57.4 Å². The van der Waals surface area contributed by atoms with E-state index in [4.69, 9.17) is 0 Å². The molecule has 0 saturated heterocycles. The van der Waals surface area contributed by atoms with Crippen LogP contribution in [-0.4, -0.2) is 18.0 Å². The van der Waals surface area contributed by atoms with Gasteiger partial charge in [0.25, 0.3) is 0 Å². The van der Waals surface area contributed by atoms with Crippen molar-refractivity contribution in [3.05, 3.63) is 11.8 Å². The lowest BCUT2D eigenvalue weighted by molar-refractivity contribution is 0.382. The fourth-order valence-corrected chi connectivity index (χ4v) is 1.23. The van der Waals surface area contributed by atoms with Crippen LogP contribution in [0.5, 0.6) is 0 Å². The van der Waals surface area contributed by atoms with Crippen LogP contribution in [0, 0.1) is 0 Å². The molecule has 1 nitrogen and oxygen atoms in total. The predicted molar refractivity (Wildman–Crippen MR) is 40.2 cm³/mol. The Hall–Kier alpha value is -0.460. The van der Waals surface area contributed by atoms with Crippen molar-refractivity contribution in [2.24, 2.45) is 0 Å². The molecule has 52 valence electrons. The monoisotopic (exact) mass is 125 g/mol. The normalized spacial score (nSPS) is 26.8. The molecule has 0 fully saturated rings. The van der Waals surface area contributed by atoms with Crippen molar-refractivity contribution in [1.82, 2.24) is 4.90 Å². The van der Waals surface area contributed by atoms with Gasteiger partial charge in [0, 0.05) is 13.1 Å². The summed E-state index contributed by atoms with van der Waals surface area (Å²) in [7, 11) is 2.15. The highest BCUT2D eigenvalue weighted by Crippen LogP contribution is 2.20. The van der Waals surface area contributed by atoms with Gasteiger partial charge in [-0.3, -0.25) is 0 Å². The molecule has 0 N–H and O–H groups in total. The highest BCUT2D eigenvalue weighted by atomic mass is 15.1. The van der Waals surface area contributed by atoms with Crippen molar-refractivity contribution in [2.75, 3.05) is 7.05 Å². The minimum atomic E-state index is 0.736. The van der Waals surface area contributed by atoms with E-state index in [1.807, 2.05) is 0 Å². The Morgan fingerprint density at radius 1 is 1.78 bits per heavy atom. The molecule has 0 aliphatic carbocycles. The maximum atomic E-state index is 2.29. The summed E-state index contributed by atoms with van der Waals surface area (Å²) < 4.78 is 0. The Bertz CT molecular complexity index is 127. The van der Waals surface area contributed by atoms with Crippen LogP contribution < -0.4 is 0 Å². The van der Waals surface area contributed by atoms with Gasteiger partial charge in [0.05, 0.1) is 0 Å². The van der Waals surface area contributed by atoms with Crippen molar-refractivity contribution in [3.8, 4) is 0 Å². The van der Waals surface area contributed by atoms with E-state index in [1.165, 1.54) is 12.8 Å². The molecule has 0 radical (unpaired) electrons. The first kappa shape index (κ1) is 6.66. The highest BCUT2D eigenvalue weighted by Gasteiger charge is 2.14. The maximum Gasteiger partial charge on any atom is 0.0290 e. The lowest BCUT2D eigenvalue weighted by Crippen LogP contribution is -2.17. The first-order chi connectivity index (χ1) is 4.24. The van der Waals surface area contributed by atoms with Gasteiger partial charge in [0.15, 0.2) is 0 Å². The van der Waals surface area contributed by atoms with Gasteiger partial charge in [-0.1, -0.05) is 12.5 Å². The molecule has 0 amide bonds. The minimum Gasteiger partial charge on any atom is -0.377 e. The van der Waals surface area contributed by atoms with Crippen LogP contribution in [0.4, 0.5) is 0 Å². The summed E-state index contributed by atoms with van der Waals surface area (Å²) in [6, 6.07) is 0.736. The molecule has 0 aromatic heterocycles. The molecule has 1 atom stereocenters. The van der Waals surface area contributed by atoms with E-state index >= 15 is 0 Å².